The van der Waals surface area contributed by atoms with Gasteiger partial charge < -0.3 is 0 Å². The summed E-state index contributed by atoms with van der Waals surface area (Å²) in [7, 11) is -3.35. The second kappa shape index (κ2) is 5.82. The van der Waals surface area contributed by atoms with Gasteiger partial charge >= 0.3 is 0 Å². The van der Waals surface area contributed by atoms with Crippen LogP contribution < -0.4 is 0 Å². The summed E-state index contributed by atoms with van der Waals surface area (Å²) in [5.74, 6) is 0. The van der Waals surface area contributed by atoms with Gasteiger partial charge in [0.25, 0.3) is 10.1 Å². The first-order valence-electron chi connectivity index (χ1n) is 6.17. The van der Waals surface area contributed by atoms with Crippen LogP contribution in [-0.2, 0) is 20.8 Å². The van der Waals surface area contributed by atoms with E-state index in [9.17, 15) is 8.42 Å². The maximum Gasteiger partial charge on any atom is 0.264 e. The lowest BCUT2D eigenvalue weighted by Gasteiger charge is -2.31. The maximum absolute atomic E-state index is 11.1. The molecule has 0 bridgehead atoms. The van der Waals surface area contributed by atoms with Crippen molar-refractivity contribution in [3.63, 3.8) is 0 Å². The Kier molecular flexibility index (Phi) is 4.37. The highest BCUT2D eigenvalue weighted by Crippen LogP contribution is 2.17. The molecule has 2 rings (SSSR count). The number of rotatable bonds is 4. The minimum atomic E-state index is -3.35. The molecule has 0 amide bonds. The highest BCUT2D eigenvalue weighted by molar-refractivity contribution is 7.86. The lowest BCUT2D eigenvalue weighted by molar-refractivity contribution is 0.0899. The Morgan fingerprint density at radius 3 is 2.72 bits per heavy atom. The Labute approximate surface area is 109 Å². The highest BCUT2D eigenvalue weighted by Gasteiger charge is 2.23. The summed E-state index contributed by atoms with van der Waals surface area (Å²) in [6.07, 6.45) is 2.71. The van der Waals surface area contributed by atoms with Gasteiger partial charge in [0, 0.05) is 13.1 Å². The second-order valence-corrected chi connectivity index (χ2v) is 6.39. The highest BCUT2D eigenvalue weighted by atomic mass is 32.2. The lowest BCUT2D eigenvalue weighted by Crippen LogP contribution is -2.39. The van der Waals surface area contributed by atoms with Crippen molar-refractivity contribution in [3.8, 4) is 0 Å². The minimum absolute atomic E-state index is 0.197. The van der Waals surface area contributed by atoms with E-state index in [1.165, 1.54) is 5.56 Å². The number of benzene rings is 1. The average molecular weight is 269 g/mol. The number of likely N-dealkylation sites (tertiary alicyclic amines) is 1. The summed E-state index contributed by atoms with van der Waals surface area (Å²) >= 11 is 0. The van der Waals surface area contributed by atoms with Crippen LogP contribution in [0.5, 0.6) is 0 Å². The van der Waals surface area contributed by atoms with Crippen LogP contribution in [0.1, 0.15) is 18.4 Å². The normalized spacial score (nSPS) is 21.9. The SMILES string of the molecule is CS(=O)(=O)O[C@H]1CCCN(Cc2ccccc2)C1. The monoisotopic (exact) mass is 269 g/mol. The van der Waals surface area contributed by atoms with Gasteiger partial charge in [-0.2, -0.15) is 8.42 Å². The fraction of sp³-hybridized carbons (Fsp3) is 0.538. The van der Waals surface area contributed by atoms with Crippen LogP contribution in [0.2, 0.25) is 0 Å². The Morgan fingerprint density at radius 1 is 1.33 bits per heavy atom. The second-order valence-electron chi connectivity index (χ2n) is 4.79. The molecule has 0 unspecified atom stereocenters. The molecular weight excluding hydrogens is 250 g/mol. The fourth-order valence-electron chi connectivity index (χ4n) is 2.32. The van der Waals surface area contributed by atoms with Crippen LogP contribution in [0.4, 0.5) is 0 Å². The van der Waals surface area contributed by atoms with Gasteiger partial charge in [0.2, 0.25) is 0 Å². The molecule has 18 heavy (non-hydrogen) atoms. The zero-order valence-electron chi connectivity index (χ0n) is 10.6. The summed E-state index contributed by atoms with van der Waals surface area (Å²) in [6.45, 7) is 2.53. The predicted octanol–water partition coefficient (Wildman–Crippen LogP) is 1.63. The van der Waals surface area contributed by atoms with Gasteiger partial charge in [0.05, 0.1) is 12.4 Å². The molecular formula is C13H19NO3S. The summed E-state index contributed by atoms with van der Waals surface area (Å²) in [5, 5.41) is 0. The molecule has 1 atom stereocenters. The first-order chi connectivity index (χ1) is 8.53. The molecule has 100 valence electrons. The Bertz CT molecular complexity index is 472. The van der Waals surface area contributed by atoms with Crippen LogP contribution in [0, 0.1) is 0 Å². The molecule has 0 N–H and O–H groups in total. The quantitative estimate of drug-likeness (QED) is 0.779. The molecule has 0 aromatic heterocycles. The van der Waals surface area contributed by atoms with Crippen molar-refractivity contribution in [2.24, 2.45) is 0 Å². The molecule has 1 aliphatic rings. The standard InChI is InChI=1S/C13H19NO3S/c1-18(15,16)17-13-8-5-9-14(11-13)10-12-6-3-2-4-7-12/h2-4,6-7,13H,5,8-11H2,1H3/t13-/m0/s1. The van der Waals surface area contributed by atoms with Crippen LogP contribution >= 0.6 is 0 Å². The molecule has 0 aliphatic carbocycles. The first-order valence-corrected chi connectivity index (χ1v) is 7.99. The lowest BCUT2D eigenvalue weighted by atomic mass is 10.1. The smallest absolute Gasteiger partial charge is 0.264 e. The van der Waals surface area contributed by atoms with Crippen molar-refractivity contribution in [1.29, 1.82) is 0 Å². The zero-order chi connectivity index (χ0) is 13.0. The molecule has 1 saturated heterocycles. The topological polar surface area (TPSA) is 46.6 Å². The molecule has 1 heterocycles. The third kappa shape index (κ3) is 4.40. The van der Waals surface area contributed by atoms with Gasteiger partial charge in [-0.1, -0.05) is 30.3 Å². The van der Waals surface area contributed by atoms with Gasteiger partial charge in [0.1, 0.15) is 0 Å². The van der Waals surface area contributed by atoms with Crippen molar-refractivity contribution in [2.75, 3.05) is 19.3 Å². The van der Waals surface area contributed by atoms with E-state index in [-0.39, 0.29) is 6.10 Å². The van der Waals surface area contributed by atoms with E-state index in [1.807, 2.05) is 18.2 Å². The van der Waals surface area contributed by atoms with E-state index in [0.29, 0.717) is 6.54 Å². The number of nitrogens with zero attached hydrogens (tertiary/aromatic N) is 1. The molecule has 0 saturated carbocycles. The van der Waals surface area contributed by atoms with Gasteiger partial charge in [-0.25, -0.2) is 0 Å². The van der Waals surface area contributed by atoms with E-state index in [2.05, 4.69) is 17.0 Å². The van der Waals surface area contributed by atoms with Gasteiger partial charge in [-0.05, 0) is 24.9 Å². The van der Waals surface area contributed by atoms with E-state index in [0.717, 1.165) is 32.2 Å². The predicted molar refractivity (Wildman–Crippen MR) is 70.7 cm³/mol. The molecule has 1 aromatic rings. The number of hydrogen-bond acceptors (Lipinski definition) is 4. The van der Waals surface area contributed by atoms with Gasteiger partial charge in [-0.15, -0.1) is 0 Å². The molecule has 4 nitrogen and oxygen atoms in total. The summed E-state index contributed by atoms with van der Waals surface area (Å²) in [4.78, 5) is 2.24. The Hall–Kier alpha value is -0.910. The van der Waals surface area contributed by atoms with Crippen molar-refractivity contribution >= 4 is 10.1 Å². The van der Waals surface area contributed by atoms with Crippen LogP contribution in [0.3, 0.4) is 0 Å². The summed E-state index contributed by atoms with van der Waals surface area (Å²) in [5.41, 5.74) is 1.25. The van der Waals surface area contributed by atoms with Crippen molar-refractivity contribution in [1.82, 2.24) is 4.90 Å². The Balaban J connectivity index is 1.91. The molecule has 1 aliphatic heterocycles. The fourth-order valence-corrected chi connectivity index (χ4v) is 2.98. The largest absolute Gasteiger partial charge is 0.296 e. The first kappa shape index (κ1) is 13.5. The van der Waals surface area contributed by atoms with E-state index < -0.39 is 10.1 Å². The molecule has 1 aromatic carbocycles. The maximum atomic E-state index is 11.1. The van der Waals surface area contributed by atoms with Crippen LogP contribution in [0.15, 0.2) is 30.3 Å². The van der Waals surface area contributed by atoms with Crippen LogP contribution in [0.25, 0.3) is 0 Å². The molecule has 0 spiro atoms. The van der Waals surface area contributed by atoms with Crippen molar-refractivity contribution in [3.05, 3.63) is 35.9 Å². The van der Waals surface area contributed by atoms with Crippen molar-refractivity contribution < 1.29 is 12.6 Å². The van der Waals surface area contributed by atoms with Crippen LogP contribution in [-0.4, -0.2) is 38.8 Å². The molecule has 0 radical (unpaired) electrons. The number of piperidine rings is 1. The molecule has 1 fully saturated rings. The average Bonchev–Trinajstić information content (AvgIpc) is 2.28. The summed E-state index contributed by atoms with van der Waals surface area (Å²) < 4.78 is 27.3. The third-order valence-corrected chi connectivity index (χ3v) is 3.64. The van der Waals surface area contributed by atoms with Crippen molar-refractivity contribution in [2.45, 2.75) is 25.5 Å². The zero-order valence-corrected chi connectivity index (χ0v) is 11.4. The Morgan fingerprint density at radius 2 is 2.06 bits per heavy atom. The summed E-state index contributed by atoms with van der Waals surface area (Å²) in [6, 6.07) is 10.2. The molecule has 5 heteroatoms. The van der Waals surface area contributed by atoms with E-state index in [1.54, 1.807) is 0 Å². The van der Waals surface area contributed by atoms with Gasteiger partial charge in [-0.3, -0.25) is 9.08 Å². The third-order valence-electron chi connectivity index (χ3n) is 3.02. The van der Waals surface area contributed by atoms with Gasteiger partial charge in [0.15, 0.2) is 0 Å². The minimum Gasteiger partial charge on any atom is -0.296 e. The number of hydrogen-bond donors (Lipinski definition) is 0. The van der Waals surface area contributed by atoms with E-state index in [4.69, 9.17) is 4.18 Å². The van der Waals surface area contributed by atoms with E-state index >= 15 is 0 Å².